The third kappa shape index (κ3) is 3.05. The van der Waals surface area contributed by atoms with Crippen molar-refractivity contribution in [3.05, 3.63) is 40.9 Å². The highest BCUT2D eigenvalue weighted by atomic mass is 32.1. The number of aromatic nitrogens is 1. The Labute approximate surface area is 123 Å². The summed E-state index contributed by atoms with van der Waals surface area (Å²) < 4.78 is 0. The highest BCUT2D eigenvalue weighted by Gasteiger charge is 2.15. The number of nitrogens with zero attached hydrogens (tertiary/aromatic N) is 2. The molecule has 0 saturated carbocycles. The largest absolute Gasteiger partial charge is 0.296 e. The van der Waals surface area contributed by atoms with Crippen LogP contribution in [0.2, 0.25) is 0 Å². The zero-order valence-electron chi connectivity index (χ0n) is 12.1. The maximum atomic E-state index is 11.9. The van der Waals surface area contributed by atoms with Crippen molar-refractivity contribution in [3.63, 3.8) is 0 Å². The Kier molecular flexibility index (Phi) is 4.52. The van der Waals surface area contributed by atoms with Gasteiger partial charge in [-0.25, -0.2) is 10.0 Å². The molecule has 0 radical (unpaired) electrons. The highest BCUT2D eigenvalue weighted by Crippen LogP contribution is 2.26. The van der Waals surface area contributed by atoms with E-state index in [1.54, 1.807) is 12.4 Å². The SMILES string of the molecule is CON(C)C(=O)c1csc(-c2ccc(C(C)C)cc2)n1. The Morgan fingerprint density at radius 1 is 1.30 bits per heavy atom. The fourth-order valence-corrected chi connectivity index (χ4v) is 2.56. The Morgan fingerprint density at radius 2 is 1.95 bits per heavy atom. The fraction of sp³-hybridized carbons (Fsp3) is 0.333. The first-order valence-electron chi connectivity index (χ1n) is 6.41. The van der Waals surface area contributed by atoms with Crippen LogP contribution in [0.25, 0.3) is 10.6 Å². The smallest absolute Gasteiger partial charge is 0.274 e. The fourth-order valence-electron chi connectivity index (χ4n) is 1.76. The lowest BCUT2D eigenvalue weighted by atomic mass is 10.0. The van der Waals surface area contributed by atoms with E-state index in [-0.39, 0.29) is 5.91 Å². The molecule has 1 aromatic heterocycles. The van der Waals surface area contributed by atoms with E-state index in [4.69, 9.17) is 4.84 Å². The third-order valence-corrected chi connectivity index (χ3v) is 4.00. The second-order valence-electron chi connectivity index (χ2n) is 4.80. The third-order valence-electron chi connectivity index (χ3n) is 3.11. The zero-order valence-corrected chi connectivity index (χ0v) is 12.9. The summed E-state index contributed by atoms with van der Waals surface area (Å²) in [6, 6.07) is 8.29. The first kappa shape index (κ1) is 14.7. The maximum absolute atomic E-state index is 11.9. The molecule has 0 spiro atoms. The van der Waals surface area contributed by atoms with Crippen LogP contribution in [0.3, 0.4) is 0 Å². The molecule has 106 valence electrons. The second kappa shape index (κ2) is 6.15. The van der Waals surface area contributed by atoms with Crippen LogP contribution in [-0.2, 0) is 4.84 Å². The van der Waals surface area contributed by atoms with Crippen molar-refractivity contribution in [2.24, 2.45) is 0 Å². The normalized spacial score (nSPS) is 10.8. The van der Waals surface area contributed by atoms with E-state index in [9.17, 15) is 4.79 Å². The summed E-state index contributed by atoms with van der Waals surface area (Å²) in [6.07, 6.45) is 0. The molecule has 1 amide bonds. The van der Waals surface area contributed by atoms with Gasteiger partial charge in [-0.1, -0.05) is 38.1 Å². The van der Waals surface area contributed by atoms with Crippen molar-refractivity contribution in [2.75, 3.05) is 14.2 Å². The summed E-state index contributed by atoms with van der Waals surface area (Å²) in [5.74, 6) is 0.265. The molecular formula is C15H18N2O2S. The molecule has 1 heterocycles. The molecule has 0 saturated heterocycles. The summed E-state index contributed by atoms with van der Waals surface area (Å²) in [5, 5.41) is 3.76. The molecule has 20 heavy (non-hydrogen) atoms. The Hall–Kier alpha value is -1.72. The number of hydroxylamine groups is 2. The number of rotatable bonds is 4. The van der Waals surface area contributed by atoms with Gasteiger partial charge in [0.2, 0.25) is 0 Å². The van der Waals surface area contributed by atoms with Crippen molar-refractivity contribution >= 4 is 17.2 Å². The average molecular weight is 290 g/mol. The topological polar surface area (TPSA) is 42.4 Å². The van der Waals surface area contributed by atoms with Crippen molar-refractivity contribution in [1.29, 1.82) is 0 Å². The minimum absolute atomic E-state index is 0.242. The first-order valence-corrected chi connectivity index (χ1v) is 7.29. The van der Waals surface area contributed by atoms with Gasteiger partial charge in [0.05, 0.1) is 7.11 Å². The molecule has 0 atom stereocenters. The van der Waals surface area contributed by atoms with E-state index in [0.29, 0.717) is 11.6 Å². The molecule has 0 bridgehead atoms. The molecule has 0 aliphatic carbocycles. The van der Waals surface area contributed by atoms with Crippen LogP contribution in [0.15, 0.2) is 29.6 Å². The molecule has 0 aliphatic rings. The van der Waals surface area contributed by atoms with Crippen LogP contribution in [-0.4, -0.2) is 30.1 Å². The molecule has 1 aromatic carbocycles. The molecule has 5 heteroatoms. The van der Waals surface area contributed by atoms with Gasteiger partial charge in [-0.2, -0.15) is 0 Å². The summed E-state index contributed by atoms with van der Waals surface area (Å²) in [5.41, 5.74) is 2.72. The number of carbonyl (C=O) groups excluding carboxylic acids is 1. The van der Waals surface area contributed by atoms with Gasteiger partial charge in [0.1, 0.15) is 10.7 Å². The monoisotopic (exact) mass is 290 g/mol. The molecule has 4 nitrogen and oxygen atoms in total. The van der Waals surface area contributed by atoms with Gasteiger partial charge < -0.3 is 0 Å². The Morgan fingerprint density at radius 3 is 2.50 bits per heavy atom. The van der Waals surface area contributed by atoms with Gasteiger partial charge >= 0.3 is 0 Å². The molecule has 0 aliphatic heterocycles. The van der Waals surface area contributed by atoms with Crippen LogP contribution >= 0.6 is 11.3 Å². The standard InChI is InChI=1S/C15H18N2O2S/c1-10(2)11-5-7-12(8-6-11)14-16-13(9-20-14)15(18)17(3)19-4/h5-10H,1-4H3. The van der Waals surface area contributed by atoms with Crippen LogP contribution in [0.1, 0.15) is 35.8 Å². The van der Waals surface area contributed by atoms with Crippen molar-refractivity contribution in [2.45, 2.75) is 19.8 Å². The van der Waals surface area contributed by atoms with Gasteiger partial charge in [-0.15, -0.1) is 11.3 Å². The predicted octanol–water partition coefficient (Wildman–Crippen LogP) is 3.57. The maximum Gasteiger partial charge on any atom is 0.296 e. The minimum Gasteiger partial charge on any atom is -0.274 e. The lowest BCUT2D eigenvalue weighted by Crippen LogP contribution is -2.25. The van der Waals surface area contributed by atoms with E-state index in [2.05, 4.69) is 31.0 Å². The number of carbonyl (C=O) groups is 1. The molecule has 2 aromatic rings. The lowest BCUT2D eigenvalue weighted by Gasteiger charge is -2.11. The van der Waals surface area contributed by atoms with Crippen molar-refractivity contribution < 1.29 is 9.63 Å². The first-order chi connectivity index (χ1) is 9.52. The Bertz CT molecular complexity index is 590. The van der Waals surface area contributed by atoms with Crippen LogP contribution in [0.4, 0.5) is 0 Å². The lowest BCUT2D eigenvalue weighted by molar-refractivity contribution is -0.0760. The highest BCUT2D eigenvalue weighted by molar-refractivity contribution is 7.13. The second-order valence-corrected chi connectivity index (χ2v) is 5.66. The molecular weight excluding hydrogens is 272 g/mol. The van der Waals surface area contributed by atoms with Gasteiger partial charge in [0, 0.05) is 18.0 Å². The summed E-state index contributed by atoms with van der Waals surface area (Å²) in [6.45, 7) is 4.32. The van der Waals surface area contributed by atoms with E-state index in [1.165, 1.54) is 29.1 Å². The summed E-state index contributed by atoms with van der Waals surface area (Å²) in [7, 11) is 3.02. The van der Waals surface area contributed by atoms with Gasteiger partial charge in [-0.3, -0.25) is 9.63 Å². The van der Waals surface area contributed by atoms with Crippen LogP contribution < -0.4 is 0 Å². The predicted molar refractivity (Wildman–Crippen MR) is 80.7 cm³/mol. The Balaban J connectivity index is 2.22. The van der Waals surface area contributed by atoms with Gasteiger partial charge in [0.25, 0.3) is 5.91 Å². The van der Waals surface area contributed by atoms with Crippen molar-refractivity contribution in [3.8, 4) is 10.6 Å². The minimum atomic E-state index is -0.242. The number of thiazole rings is 1. The van der Waals surface area contributed by atoms with E-state index < -0.39 is 0 Å². The van der Waals surface area contributed by atoms with Gasteiger partial charge in [-0.05, 0) is 11.5 Å². The molecule has 0 unspecified atom stereocenters. The average Bonchev–Trinajstić information content (AvgIpc) is 2.95. The van der Waals surface area contributed by atoms with Gasteiger partial charge in [0.15, 0.2) is 0 Å². The van der Waals surface area contributed by atoms with E-state index in [0.717, 1.165) is 10.6 Å². The molecule has 2 rings (SSSR count). The number of hydrogen-bond donors (Lipinski definition) is 0. The summed E-state index contributed by atoms with van der Waals surface area (Å²) in [4.78, 5) is 21.2. The summed E-state index contributed by atoms with van der Waals surface area (Å²) >= 11 is 1.46. The number of hydrogen-bond acceptors (Lipinski definition) is 4. The van der Waals surface area contributed by atoms with Crippen LogP contribution in [0.5, 0.6) is 0 Å². The quantitative estimate of drug-likeness (QED) is 0.808. The van der Waals surface area contributed by atoms with E-state index >= 15 is 0 Å². The zero-order chi connectivity index (χ0) is 14.7. The number of benzene rings is 1. The molecule has 0 N–H and O–H groups in total. The van der Waals surface area contributed by atoms with Crippen LogP contribution in [0, 0.1) is 0 Å². The van der Waals surface area contributed by atoms with E-state index in [1.807, 2.05) is 12.1 Å². The number of amides is 1. The molecule has 0 fully saturated rings. The van der Waals surface area contributed by atoms with Crippen molar-refractivity contribution in [1.82, 2.24) is 10.0 Å².